The molecule has 1 N–H and O–H groups in total. The van der Waals surface area contributed by atoms with Gasteiger partial charge >= 0.3 is 5.76 Å². The van der Waals surface area contributed by atoms with E-state index in [1.54, 1.807) is 4.90 Å². The van der Waals surface area contributed by atoms with Gasteiger partial charge in [-0.05, 0) is 55.2 Å². The van der Waals surface area contributed by atoms with Gasteiger partial charge in [0.25, 0.3) is 5.91 Å². The topological polar surface area (TPSA) is 99.5 Å². The highest BCUT2D eigenvalue weighted by molar-refractivity contribution is 7.12. The first-order valence-electron chi connectivity index (χ1n) is 10.9. The van der Waals surface area contributed by atoms with Crippen molar-refractivity contribution in [3.05, 3.63) is 62.8 Å². The molecule has 2 aromatic heterocycles. The second kappa shape index (κ2) is 8.74. The maximum absolute atomic E-state index is 13.7. The van der Waals surface area contributed by atoms with Crippen molar-refractivity contribution >= 4 is 23.2 Å². The lowest BCUT2D eigenvalue weighted by atomic mass is 9.98. The van der Waals surface area contributed by atoms with Crippen LogP contribution in [-0.2, 0) is 4.79 Å². The monoisotopic (exact) mass is 452 g/mol. The van der Waals surface area contributed by atoms with Crippen LogP contribution in [0.2, 0.25) is 0 Å². The van der Waals surface area contributed by atoms with E-state index >= 15 is 0 Å². The summed E-state index contributed by atoms with van der Waals surface area (Å²) in [5.74, 6) is -0.258. The molecule has 0 radical (unpaired) electrons. The molecule has 2 saturated heterocycles. The number of rotatable bonds is 4. The Morgan fingerprint density at radius 2 is 1.94 bits per heavy atom. The molecular formula is C23H24N4O4S. The molecule has 32 heavy (non-hydrogen) atoms. The summed E-state index contributed by atoms with van der Waals surface area (Å²) < 4.78 is 4.63. The lowest BCUT2D eigenvalue weighted by Gasteiger charge is -2.38. The van der Waals surface area contributed by atoms with E-state index < -0.39 is 11.8 Å². The fraction of sp³-hybridized carbons (Fsp3) is 0.391. The molecule has 2 aliphatic heterocycles. The van der Waals surface area contributed by atoms with Gasteiger partial charge in [0.1, 0.15) is 6.04 Å². The first kappa shape index (κ1) is 20.7. The minimum atomic E-state index is -0.601. The molecule has 5 rings (SSSR count). The van der Waals surface area contributed by atoms with Crippen molar-refractivity contribution in [1.29, 1.82) is 0 Å². The number of amides is 2. The fourth-order valence-electron chi connectivity index (χ4n) is 4.79. The number of hydrogen-bond donors (Lipinski definition) is 1. The van der Waals surface area contributed by atoms with Gasteiger partial charge in [0, 0.05) is 18.7 Å². The van der Waals surface area contributed by atoms with Crippen molar-refractivity contribution in [1.82, 2.24) is 19.9 Å². The first-order valence-corrected chi connectivity index (χ1v) is 11.8. The minimum absolute atomic E-state index is 0.0253. The SMILES string of the molecule is O=C(c1cccs1)N1CCCCC1C(=O)N1CCCC1c1cccc(-c2noc(=O)[nH]2)c1. The average Bonchev–Trinajstić information content (AvgIpc) is 3.60. The molecule has 8 nitrogen and oxygen atoms in total. The zero-order valence-corrected chi connectivity index (χ0v) is 18.3. The van der Waals surface area contributed by atoms with Gasteiger partial charge in [-0.15, -0.1) is 11.3 Å². The first-order chi connectivity index (χ1) is 15.6. The maximum atomic E-state index is 13.7. The van der Waals surface area contributed by atoms with Crippen molar-refractivity contribution in [2.24, 2.45) is 0 Å². The Labute approximate surface area is 188 Å². The van der Waals surface area contributed by atoms with E-state index in [-0.39, 0.29) is 17.9 Å². The maximum Gasteiger partial charge on any atom is 0.439 e. The second-order valence-corrected chi connectivity index (χ2v) is 9.19. The van der Waals surface area contributed by atoms with Gasteiger partial charge in [0.2, 0.25) is 5.91 Å². The summed E-state index contributed by atoms with van der Waals surface area (Å²) in [7, 11) is 0. The summed E-state index contributed by atoms with van der Waals surface area (Å²) in [5.41, 5.74) is 1.73. The Bertz CT molecular complexity index is 1170. The van der Waals surface area contributed by atoms with Crippen LogP contribution >= 0.6 is 11.3 Å². The Morgan fingerprint density at radius 3 is 2.72 bits per heavy atom. The standard InChI is InChI=1S/C23H24N4O4S/c28-21(18-8-1-2-11-27(18)22(29)19-10-5-13-32-19)26-12-4-9-17(26)15-6-3-7-16(14-15)20-24-23(30)31-25-20/h3,5-7,10,13-14,17-18H,1-2,4,8-9,11-12H2,(H,24,25,30). The van der Waals surface area contributed by atoms with E-state index in [4.69, 9.17) is 0 Å². The van der Waals surface area contributed by atoms with Gasteiger partial charge in [-0.25, -0.2) is 4.79 Å². The Morgan fingerprint density at radius 1 is 1.06 bits per heavy atom. The van der Waals surface area contributed by atoms with Crippen LogP contribution in [0.25, 0.3) is 11.4 Å². The number of likely N-dealkylation sites (tertiary alicyclic amines) is 2. The van der Waals surface area contributed by atoms with Crippen LogP contribution in [0.5, 0.6) is 0 Å². The smallest absolute Gasteiger partial charge is 0.334 e. The zero-order valence-electron chi connectivity index (χ0n) is 17.5. The van der Waals surface area contributed by atoms with E-state index in [9.17, 15) is 14.4 Å². The average molecular weight is 453 g/mol. The van der Waals surface area contributed by atoms with E-state index in [0.717, 1.165) is 36.8 Å². The molecular weight excluding hydrogens is 428 g/mol. The molecule has 2 fully saturated rings. The van der Waals surface area contributed by atoms with E-state index in [0.29, 0.717) is 30.2 Å². The lowest BCUT2D eigenvalue weighted by molar-refractivity contribution is -0.138. The highest BCUT2D eigenvalue weighted by atomic mass is 32.1. The van der Waals surface area contributed by atoms with E-state index in [1.807, 2.05) is 46.7 Å². The number of carbonyl (C=O) groups is 2. The van der Waals surface area contributed by atoms with Crippen LogP contribution in [0.1, 0.15) is 53.4 Å². The van der Waals surface area contributed by atoms with Crippen LogP contribution in [0.15, 0.2) is 51.1 Å². The molecule has 1 aromatic carbocycles. The number of benzene rings is 1. The molecule has 3 aromatic rings. The molecule has 0 aliphatic carbocycles. The summed E-state index contributed by atoms with van der Waals surface area (Å²) in [6.07, 6.45) is 4.32. The van der Waals surface area contributed by atoms with Crippen molar-refractivity contribution in [3.63, 3.8) is 0 Å². The van der Waals surface area contributed by atoms with Crippen LogP contribution in [0.3, 0.4) is 0 Å². The highest BCUT2D eigenvalue weighted by Crippen LogP contribution is 2.35. The third-order valence-electron chi connectivity index (χ3n) is 6.30. The normalized spacial score (nSPS) is 21.1. The second-order valence-electron chi connectivity index (χ2n) is 8.25. The largest absolute Gasteiger partial charge is 0.439 e. The predicted molar refractivity (Wildman–Crippen MR) is 119 cm³/mol. The van der Waals surface area contributed by atoms with E-state index in [2.05, 4.69) is 14.7 Å². The highest BCUT2D eigenvalue weighted by Gasteiger charge is 2.39. The van der Waals surface area contributed by atoms with Gasteiger partial charge in [0.15, 0.2) is 5.82 Å². The molecule has 9 heteroatoms. The van der Waals surface area contributed by atoms with Gasteiger partial charge in [-0.3, -0.25) is 19.1 Å². The predicted octanol–water partition coefficient (Wildman–Crippen LogP) is 3.45. The summed E-state index contributed by atoms with van der Waals surface area (Å²) >= 11 is 1.41. The van der Waals surface area contributed by atoms with Crippen LogP contribution in [0, 0.1) is 0 Å². The van der Waals surface area contributed by atoms with Crippen molar-refractivity contribution in [2.45, 2.75) is 44.2 Å². The minimum Gasteiger partial charge on any atom is -0.334 e. The van der Waals surface area contributed by atoms with Crippen molar-refractivity contribution in [2.75, 3.05) is 13.1 Å². The third-order valence-corrected chi connectivity index (χ3v) is 7.16. The van der Waals surface area contributed by atoms with Crippen molar-refractivity contribution in [3.8, 4) is 11.4 Å². The number of hydrogen-bond acceptors (Lipinski definition) is 6. The Hall–Kier alpha value is -3.20. The van der Waals surface area contributed by atoms with Gasteiger partial charge in [-0.2, -0.15) is 0 Å². The third kappa shape index (κ3) is 3.88. The lowest BCUT2D eigenvalue weighted by Crippen LogP contribution is -2.52. The molecule has 2 amide bonds. The quantitative estimate of drug-likeness (QED) is 0.654. The number of aromatic nitrogens is 2. The van der Waals surface area contributed by atoms with Gasteiger partial charge in [-0.1, -0.05) is 29.4 Å². The number of carbonyl (C=O) groups excluding carboxylic acids is 2. The molecule has 4 heterocycles. The zero-order chi connectivity index (χ0) is 22.1. The Balaban J connectivity index is 1.39. The van der Waals surface area contributed by atoms with Crippen LogP contribution < -0.4 is 5.76 Å². The molecule has 0 bridgehead atoms. The molecule has 2 unspecified atom stereocenters. The summed E-state index contributed by atoms with van der Waals surface area (Å²) in [4.78, 5) is 45.0. The summed E-state index contributed by atoms with van der Waals surface area (Å²) in [6.45, 7) is 1.28. The summed E-state index contributed by atoms with van der Waals surface area (Å²) in [6, 6.07) is 10.9. The summed E-state index contributed by atoms with van der Waals surface area (Å²) in [5, 5.41) is 5.66. The number of nitrogens with one attached hydrogen (secondary N) is 1. The van der Waals surface area contributed by atoms with Crippen LogP contribution in [0.4, 0.5) is 0 Å². The Kier molecular flexibility index (Phi) is 5.65. The molecule has 166 valence electrons. The number of nitrogens with zero attached hydrogens (tertiary/aromatic N) is 3. The van der Waals surface area contributed by atoms with Gasteiger partial charge in [0.05, 0.1) is 10.9 Å². The van der Waals surface area contributed by atoms with Crippen molar-refractivity contribution < 1.29 is 14.1 Å². The molecule has 0 saturated carbocycles. The van der Waals surface area contributed by atoms with Crippen LogP contribution in [-0.4, -0.2) is 50.9 Å². The fourth-order valence-corrected chi connectivity index (χ4v) is 5.47. The number of aromatic amines is 1. The number of thiophene rings is 1. The molecule has 2 atom stereocenters. The van der Waals surface area contributed by atoms with E-state index in [1.165, 1.54) is 11.3 Å². The number of piperidine rings is 1. The molecule has 2 aliphatic rings. The number of H-pyrrole nitrogens is 1. The molecule has 0 spiro atoms. The van der Waals surface area contributed by atoms with Gasteiger partial charge < -0.3 is 9.80 Å².